The molecule has 1 aromatic carbocycles. The monoisotopic (exact) mass is 389 g/mol. The van der Waals surface area contributed by atoms with Crippen molar-refractivity contribution in [2.45, 2.75) is 26.8 Å². The van der Waals surface area contributed by atoms with Crippen molar-refractivity contribution in [2.75, 3.05) is 36.5 Å². The van der Waals surface area contributed by atoms with E-state index in [1.807, 2.05) is 45.0 Å². The number of nitrogens with one attached hydrogen (secondary N) is 2. The third-order valence-corrected chi connectivity index (χ3v) is 4.56. The smallest absolute Gasteiger partial charge is 0.319 e. The first-order valence-corrected chi connectivity index (χ1v) is 9.36. The van der Waals surface area contributed by atoms with Crippen LogP contribution in [0.25, 0.3) is 11.4 Å². The number of rotatable bonds is 4. The Bertz CT molecular complexity index is 804. The highest BCUT2D eigenvalue weighted by molar-refractivity contribution is 6.30. The Balaban J connectivity index is 1.81. The van der Waals surface area contributed by atoms with E-state index in [2.05, 4.69) is 20.5 Å². The Morgan fingerprint density at radius 1 is 1.19 bits per heavy atom. The fraction of sp³-hybridized carbons (Fsp3) is 0.421. The minimum atomic E-state index is -0.234. The van der Waals surface area contributed by atoms with E-state index < -0.39 is 0 Å². The first-order valence-electron chi connectivity index (χ1n) is 8.99. The number of nitrogens with zero attached hydrogens (tertiary/aromatic N) is 3. The van der Waals surface area contributed by atoms with E-state index in [0.717, 1.165) is 30.0 Å². The van der Waals surface area contributed by atoms with Gasteiger partial charge in [-0.1, -0.05) is 11.6 Å². The first-order chi connectivity index (χ1) is 12.9. The lowest BCUT2D eigenvalue weighted by Crippen LogP contribution is -2.37. The largest absolute Gasteiger partial charge is 0.378 e. The molecule has 1 aliphatic heterocycles. The fourth-order valence-electron chi connectivity index (χ4n) is 2.82. The molecule has 1 saturated heterocycles. The third kappa shape index (κ3) is 4.87. The maximum Gasteiger partial charge on any atom is 0.319 e. The zero-order valence-electron chi connectivity index (χ0n) is 15.8. The van der Waals surface area contributed by atoms with Gasteiger partial charge < -0.3 is 20.3 Å². The zero-order valence-corrected chi connectivity index (χ0v) is 16.5. The average Bonchev–Trinajstić information content (AvgIpc) is 2.64. The van der Waals surface area contributed by atoms with Gasteiger partial charge in [-0.05, 0) is 45.0 Å². The summed E-state index contributed by atoms with van der Waals surface area (Å²) in [4.78, 5) is 23.1. The Labute approximate surface area is 164 Å². The number of hydrogen-bond donors (Lipinski definition) is 2. The number of hydrogen-bond acceptors (Lipinski definition) is 5. The molecule has 0 atom stereocenters. The van der Waals surface area contributed by atoms with Gasteiger partial charge >= 0.3 is 6.03 Å². The van der Waals surface area contributed by atoms with Gasteiger partial charge in [0.15, 0.2) is 5.82 Å². The predicted octanol–water partition coefficient (Wildman–Crippen LogP) is 3.47. The summed E-state index contributed by atoms with van der Waals surface area (Å²) in [6.45, 7) is 8.66. The van der Waals surface area contributed by atoms with Crippen LogP contribution in [0.15, 0.2) is 24.3 Å². The van der Waals surface area contributed by atoms with E-state index in [0.29, 0.717) is 29.9 Å². The quantitative estimate of drug-likeness (QED) is 0.782. The Morgan fingerprint density at radius 3 is 2.48 bits per heavy atom. The normalized spacial score (nSPS) is 14.3. The maximum atomic E-state index is 11.8. The minimum Gasteiger partial charge on any atom is -0.378 e. The number of aromatic nitrogens is 2. The molecule has 2 heterocycles. The number of carbonyl (C=O) groups excluding carboxylic acids is 1. The van der Waals surface area contributed by atoms with Crippen LogP contribution in [-0.4, -0.2) is 48.3 Å². The second-order valence-corrected chi connectivity index (χ2v) is 7.07. The minimum absolute atomic E-state index is 0.0750. The molecule has 2 aromatic rings. The van der Waals surface area contributed by atoms with Gasteiger partial charge in [0.25, 0.3) is 0 Å². The van der Waals surface area contributed by atoms with Crippen molar-refractivity contribution in [3.8, 4) is 11.4 Å². The summed E-state index contributed by atoms with van der Waals surface area (Å²) in [6, 6.07) is 7.22. The third-order valence-electron chi connectivity index (χ3n) is 4.19. The molecule has 1 aromatic heterocycles. The molecule has 144 valence electrons. The molecular weight excluding hydrogens is 366 g/mol. The van der Waals surface area contributed by atoms with E-state index in [1.54, 1.807) is 0 Å². The van der Waals surface area contributed by atoms with Gasteiger partial charge in [0.2, 0.25) is 0 Å². The molecule has 0 radical (unpaired) electrons. The highest BCUT2D eigenvalue weighted by Crippen LogP contribution is 2.28. The van der Waals surface area contributed by atoms with Crippen LogP contribution in [0.2, 0.25) is 5.15 Å². The lowest BCUT2D eigenvalue weighted by Gasteiger charge is -2.29. The van der Waals surface area contributed by atoms with Crippen molar-refractivity contribution in [1.29, 1.82) is 0 Å². The topological polar surface area (TPSA) is 79.4 Å². The van der Waals surface area contributed by atoms with Crippen LogP contribution in [0.3, 0.4) is 0 Å². The standard InChI is InChI=1S/C19H24ClN5O2/c1-12(2)21-19(26)22-15-6-4-14(5-7-15)17-23-16(20)13(3)18(24-17)25-8-10-27-11-9-25/h4-7,12H,8-11H2,1-3H3,(H2,21,22,26). The molecule has 3 rings (SSSR count). The number of carbonyl (C=O) groups is 1. The van der Waals surface area contributed by atoms with Crippen LogP contribution < -0.4 is 15.5 Å². The van der Waals surface area contributed by atoms with Crippen LogP contribution in [0.4, 0.5) is 16.3 Å². The van der Waals surface area contributed by atoms with Gasteiger partial charge in [0, 0.05) is 35.9 Å². The van der Waals surface area contributed by atoms with Crippen molar-refractivity contribution in [1.82, 2.24) is 15.3 Å². The number of anilines is 2. The van der Waals surface area contributed by atoms with E-state index >= 15 is 0 Å². The fourth-order valence-corrected chi connectivity index (χ4v) is 2.99. The second-order valence-electron chi connectivity index (χ2n) is 6.72. The van der Waals surface area contributed by atoms with Gasteiger partial charge in [-0.15, -0.1) is 0 Å². The van der Waals surface area contributed by atoms with Gasteiger partial charge in [0.1, 0.15) is 11.0 Å². The predicted molar refractivity (Wildman–Crippen MR) is 108 cm³/mol. The molecule has 0 aliphatic carbocycles. The zero-order chi connectivity index (χ0) is 19.4. The highest BCUT2D eigenvalue weighted by atomic mass is 35.5. The van der Waals surface area contributed by atoms with Crippen LogP contribution in [0.5, 0.6) is 0 Å². The summed E-state index contributed by atoms with van der Waals surface area (Å²) in [6.07, 6.45) is 0. The van der Waals surface area contributed by atoms with Crippen molar-refractivity contribution in [3.05, 3.63) is 35.0 Å². The second kappa shape index (κ2) is 8.54. The summed E-state index contributed by atoms with van der Waals surface area (Å²) in [7, 11) is 0. The first kappa shape index (κ1) is 19.4. The summed E-state index contributed by atoms with van der Waals surface area (Å²) >= 11 is 6.36. The lowest BCUT2D eigenvalue weighted by atomic mass is 10.2. The van der Waals surface area contributed by atoms with Crippen LogP contribution in [0, 0.1) is 6.92 Å². The molecule has 2 N–H and O–H groups in total. The number of amides is 2. The molecule has 0 unspecified atom stereocenters. The van der Waals surface area contributed by atoms with E-state index in [1.165, 1.54) is 0 Å². The molecule has 7 nitrogen and oxygen atoms in total. The van der Waals surface area contributed by atoms with Crippen molar-refractivity contribution in [3.63, 3.8) is 0 Å². The Morgan fingerprint density at radius 2 is 1.85 bits per heavy atom. The van der Waals surface area contributed by atoms with E-state index in [4.69, 9.17) is 21.3 Å². The van der Waals surface area contributed by atoms with E-state index in [-0.39, 0.29) is 12.1 Å². The molecule has 1 fully saturated rings. The molecule has 1 aliphatic rings. The molecule has 2 amide bonds. The summed E-state index contributed by atoms with van der Waals surface area (Å²) < 4.78 is 5.42. The van der Waals surface area contributed by atoms with Crippen LogP contribution in [-0.2, 0) is 4.74 Å². The summed E-state index contributed by atoms with van der Waals surface area (Å²) in [5.41, 5.74) is 2.40. The van der Waals surface area contributed by atoms with Crippen molar-refractivity contribution < 1.29 is 9.53 Å². The molecule has 0 bridgehead atoms. The van der Waals surface area contributed by atoms with Crippen molar-refractivity contribution in [2.24, 2.45) is 0 Å². The average molecular weight is 390 g/mol. The molecule has 0 saturated carbocycles. The Kier molecular flexibility index (Phi) is 6.13. The highest BCUT2D eigenvalue weighted by Gasteiger charge is 2.19. The van der Waals surface area contributed by atoms with Crippen molar-refractivity contribution >= 4 is 29.1 Å². The molecule has 8 heteroatoms. The van der Waals surface area contributed by atoms with Gasteiger partial charge in [0.05, 0.1) is 13.2 Å². The Hall–Kier alpha value is -2.38. The SMILES string of the molecule is Cc1c(Cl)nc(-c2ccc(NC(=O)NC(C)C)cc2)nc1N1CCOCC1. The number of halogens is 1. The van der Waals surface area contributed by atoms with E-state index in [9.17, 15) is 4.79 Å². The van der Waals surface area contributed by atoms with Gasteiger partial charge in [-0.25, -0.2) is 14.8 Å². The summed E-state index contributed by atoms with van der Waals surface area (Å²) in [5, 5.41) is 6.03. The van der Waals surface area contributed by atoms with Gasteiger partial charge in [-0.2, -0.15) is 0 Å². The summed E-state index contributed by atoms with van der Waals surface area (Å²) in [5.74, 6) is 1.40. The van der Waals surface area contributed by atoms with Crippen LogP contribution in [0.1, 0.15) is 19.4 Å². The maximum absolute atomic E-state index is 11.8. The molecule has 27 heavy (non-hydrogen) atoms. The number of morpholine rings is 1. The number of ether oxygens (including phenoxy) is 1. The molecular formula is C19H24ClN5O2. The van der Waals surface area contributed by atoms with Gasteiger partial charge in [-0.3, -0.25) is 0 Å². The van der Waals surface area contributed by atoms with Crippen LogP contribution >= 0.6 is 11.6 Å². The lowest BCUT2D eigenvalue weighted by molar-refractivity contribution is 0.122. The number of benzene rings is 1. The molecule has 0 spiro atoms. The number of urea groups is 1.